The number of aliphatic carboxylic acids is 1. The number of aromatic nitrogens is 4. The van der Waals surface area contributed by atoms with Crippen molar-refractivity contribution in [2.45, 2.75) is 20.3 Å². The molecule has 0 aliphatic rings. The zero-order valence-corrected chi connectivity index (χ0v) is 21.6. The van der Waals surface area contributed by atoms with Crippen molar-refractivity contribution in [3.8, 4) is 33.0 Å². The number of thiazole rings is 1. The van der Waals surface area contributed by atoms with E-state index >= 15 is 0 Å². The van der Waals surface area contributed by atoms with Gasteiger partial charge in [-0.25, -0.2) is 9.97 Å². The van der Waals surface area contributed by atoms with Crippen LogP contribution in [0.5, 0.6) is 0 Å². The molecular weight excluding hydrogens is 504 g/mol. The number of carboxylic acid groups (broad SMARTS) is 1. The Kier molecular flexibility index (Phi) is 5.74. The van der Waals surface area contributed by atoms with E-state index in [9.17, 15) is 9.90 Å². The molecule has 6 aromatic rings. The lowest BCUT2D eigenvalue weighted by Gasteiger charge is -2.13. The molecule has 0 saturated heterocycles. The second kappa shape index (κ2) is 9.10. The molecule has 6 nitrogen and oxygen atoms in total. The Bertz CT molecular complexity index is 1820. The van der Waals surface area contributed by atoms with E-state index in [0.29, 0.717) is 5.02 Å². The number of pyridine rings is 2. The molecule has 6 rings (SSSR count). The topological polar surface area (TPSA) is 91.8 Å². The molecule has 0 fully saturated rings. The minimum atomic E-state index is -0.871. The van der Waals surface area contributed by atoms with Gasteiger partial charge in [-0.15, -0.1) is 11.3 Å². The van der Waals surface area contributed by atoms with Gasteiger partial charge in [-0.3, -0.25) is 9.78 Å². The molecular formula is C29H21ClN4O2S. The van der Waals surface area contributed by atoms with Crippen LogP contribution < -0.4 is 0 Å². The van der Waals surface area contributed by atoms with E-state index in [2.05, 4.69) is 27.1 Å². The number of carboxylic acids is 1. The van der Waals surface area contributed by atoms with Gasteiger partial charge in [-0.05, 0) is 73.0 Å². The van der Waals surface area contributed by atoms with Crippen LogP contribution in [0.3, 0.4) is 0 Å². The van der Waals surface area contributed by atoms with Gasteiger partial charge in [0.1, 0.15) is 10.7 Å². The molecule has 182 valence electrons. The summed E-state index contributed by atoms with van der Waals surface area (Å²) >= 11 is 7.69. The van der Waals surface area contributed by atoms with E-state index in [-0.39, 0.29) is 6.42 Å². The lowest BCUT2D eigenvalue weighted by Crippen LogP contribution is -2.04. The summed E-state index contributed by atoms with van der Waals surface area (Å²) in [5.74, 6) is -0.871. The van der Waals surface area contributed by atoms with Crippen molar-refractivity contribution < 1.29 is 9.90 Å². The molecule has 4 heterocycles. The molecule has 0 radical (unpaired) electrons. The lowest BCUT2D eigenvalue weighted by molar-refractivity contribution is -0.136. The Morgan fingerprint density at radius 3 is 2.59 bits per heavy atom. The van der Waals surface area contributed by atoms with Crippen LogP contribution in [-0.2, 0) is 11.2 Å². The first kappa shape index (κ1) is 23.3. The van der Waals surface area contributed by atoms with Gasteiger partial charge in [0.2, 0.25) is 0 Å². The predicted octanol–water partition coefficient (Wildman–Crippen LogP) is 7.47. The van der Waals surface area contributed by atoms with Gasteiger partial charge in [0.05, 0.1) is 22.3 Å². The van der Waals surface area contributed by atoms with Crippen LogP contribution in [0.4, 0.5) is 0 Å². The summed E-state index contributed by atoms with van der Waals surface area (Å²) in [4.78, 5) is 29.1. The molecule has 0 unspecified atom stereocenters. The van der Waals surface area contributed by atoms with Crippen molar-refractivity contribution in [2.24, 2.45) is 0 Å². The zero-order valence-electron chi connectivity index (χ0n) is 20.0. The molecule has 2 N–H and O–H groups in total. The fraction of sp³-hybridized carbons (Fsp3) is 0.103. The number of aryl methyl sites for hydroxylation is 2. The summed E-state index contributed by atoms with van der Waals surface area (Å²) in [7, 11) is 0. The van der Waals surface area contributed by atoms with Gasteiger partial charge in [0, 0.05) is 45.2 Å². The minimum absolute atomic E-state index is 0.0690. The van der Waals surface area contributed by atoms with Crippen molar-refractivity contribution in [3.63, 3.8) is 0 Å². The lowest BCUT2D eigenvalue weighted by atomic mass is 9.93. The Morgan fingerprint density at radius 1 is 1.00 bits per heavy atom. The number of fused-ring (bicyclic) bond motifs is 2. The van der Waals surface area contributed by atoms with Gasteiger partial charge < -0.3 is 10.1 Å². The molecule has 0 aliphatic heterocycles. The summed E-state index contributed by atoms with van der Waals surface area (Å²) < 4.78 is 0.948. The maximum absolute atomic E-state index is 11.7. The molecule has 37 heavy (non-hydrogen) atoms. The summed E-state index contributed by atoms with van der Waals surface area (Å²) in [6, 6.07) is 17.6. The molecule has 0 amide bonds. The first-order valence-corrected chi connectivity index (χ1v) is 12.9. The van der Waals surface area contributed by atoms with Crippen LogP contribution >= 0.6 is 22.9 Å². The first-order chi connectivity index (χ1) is 17.9. The molecule has 0 aliphatic carbocycles. The van der Waals surface area contributed by atoms with E-state index in [1.165, 1.54) is 0 Å². The fourth-order valence-electron chi connectivity index (χ4n) is 4.67. The highest BCUT2D eigenvalue weighted by molar-refractivity contribution is 7.22. The van der Waals surface area contributed by atoms with Crippen LogP contribution in [0.2, 0.25) is 5.02 Å². The van der Waals surface area contributed by atoms with Crippen molar-refractivity contribution in [1.29, 1.82) is 0 Å². The minimum Gasteiger partial charge on any atom is -0.481 e. The predicted molar refractivity (Wildman–Crippen MR) is 149 cm³/mol. The van der Waals surface area contributed by atoms with Gasteiger partial charge in [-0.1, -0.05) is 23.7 Å². The van der Waals surface area contributed by atoms with Crippen LogP contribution in [0.25, 0.3) is 54.2 Å². The van der Waals surface area contributed by atoms with E-state index in [4.69, 9.17) is 16.6 Å². The highest BCUT2D eigenvalue weighted by Crippen LogP contribution is 2.41. The molecule has 2 aromatic carbocycles. The van der Waals surface area contributed by atoms with Crippen molar-refractivity contribution in [1.82, 2.24) is 19.9 Å². The van der Waals surface area contributed by atoms with Crippen molar-refractivity contribution >= 4 is 50.2 Å². The number of nitrogens with one attached hydrogen (secondary N) is 1. The second-order valence-electron chi connectivity index (χ2n) is 9.04. The van der Waals surface area contributed by atoms with Gasteiger partial charge >= 0.3 is 5.97 Å². The van der Waals surface area contributed by atoms with E-state index in [0.717, 1.165) is 71.0 Å². The molecule has 0 atom stereocenters. The van der Waals surface area contributed by atoms with E-state index in [1.54, 1.807) is 17.5 Å². The molecule has 8 heteroatoms. The Balaban J connectivity index is 1.50. The van der Waals surface area contributed by atoms with E-state index < -0.39 is 5.97 Å². The van der Waals surface area contributed by atoms with Gasteiger partial charge in [-0.2, -0.15) is 0 Å². The van der Waals surface area contributed by atoms with E-state index in [1.807, 2.05) is 62.5 Å². The number of halogens is 1. The number of aromatic amines is 1. The van der Waals surface area contributed by atoms with Crippen LogP contribution in [0.1, 0.15) is 16.8 Å². The molecule has 0 saturated carbocycles. The monoisotopic (exact) mass is 524 g/mol. The number of rotatable bonds is 5. The quantitative estimate of drug-likeness (QED) is 0.244. The number of nitrogens with zero attached hydrogens (tertiary/aromatic N) is 3. The molecule has 4 aromatic heterocycles. The SMILES string of the molecule is Cc1cc2cc(-c3cc(-c4nc5cc(C)c(CC(=O)O)c(-c6ccc(Cl)cc6)c5s4)ccn3)cnc2[nH]1. The van der Waals surface area contributed by atoms with Gasteiger partial charge in [0.25, 0.3) is 0 Å². The maximum Gasteiger partial charge on any atom is 0.307 e. The number of carbonyl (C=O) groups is 1. The number of hydrogen-bond acceptors (Lipinski definition) is 5. The average molecular weight is 525 g/mol. The fourth-order valence-corrected chi connectivity index (χ4v) is 5.93. The zero-order chi connectivity index (χ0) is 25.7. The van der Waals surface area contributed by atoms with Crippen LogP contribution in [0.15, 0.2) is 67.0 Å². The molecule has 0 spiro atoms. The third kappa shape index (κ3) is 4.37. The largest absolute Gasteiger partial charge is 0.481 e. The maximum atomic E-state index is 11.7. The van der Waals surface area contributed by atoms with Crippen LogP contribution in [0, 0.1) is 13.8 Å². The smallest absolute Gasteiger partial charge is 0.307 e. The second-order valence-corrected chi connectivity index (χ2v) is 10.5. The Labute approximate surface area is 221 Å². The third-order valence-electron chi connectivity index (χ3n) is 6.38. The summed E-state index contributed by atoms with van der Waals surface area (Å²) in [5, 5.41) is 12.1. The number of H-pyrrole nitrogens is 1. The van der Waals surface area contributed by atoms with Crippen LogP contribution in [-0.4, -0.2) is 31.0 Å². The van der Waals surface area contributed by atoms with Gasteiger partial charge in [0.15, 0.2) is 0 Å². The Morgan fingerprint density at radius 2 is 1.81 bits per heavy atom. The van der Waals surface area contributed by atoms with Crippen molar-refractivity contribution in [3.05, 3.63) is 88.8 Å². The normalized spacial score (nSPS) is 11.4. The Hall–Kier alpha value is -4.07. The number of hydrogen-bond donors (Lipinski definition) is 2. The van der Waals surface area contributed by atoms with Crippen molar-refractivity contribution in [2.75, 3.05) is 0 Å². The highest BCUT2D eigenvalue weighted by Gasteiger charge is 2.20. The summed E-state index contributed by atoms with van der Waals surface area (Å²) in [6.45, 7) is 3.95. The first-order valence-electron chi connectivity index (χ1n) is 11.7. The third-order valence-corrected chi connectivity index (χ3v) is 7.77. The molecule has 0 bridgehead atoms. The highest BCUT2D eigenvalue weighted by atomic mass is 35.5. The summed E-state index contributed by atoms with van der Waals surface area (Å²) in [5.41, 5.74) is 8.92. The standard InChI is InChI=1S/C29H21ClN4O2S/c1-15-9-24-27(26(22(15)13-25(35)36)17-3-5-21(30)6-4-17)37-29(34-24)18-7-8-31-23(12-18)20-11-19-10-16(2)33-28(19)32-14-20/h3-12,14H,13H2,1-2H3,(H,32,33)(H,35,36). The number of benzene rings is 2. The average Bonchev–Trinajstić information content (AvgIpc) is 3.47. The summed E-state index contributed by atoms with van der Waals surface area (Å²) in [6.07, 6.45) is 3.54.